The van der Waals surface area contributed by atoms with Crippen LogP contribution in [0.25, 0.3) is 11.4 Å². The molecule has 0 unspecified atom stereocenters. The van der Waals surface area contributed by atoms with E-state index in [1.54, 1.807) is 19.5 Å². The zero-order chi connectivity index (χ0) is 12.7. The molecule has 1 aromatic heterocycles. The number of H-pyrrole nitrogens is 1. The van der Waals surface area contributed by atoms with Crippen molar-refractivity contribution < 1.29 is 16.7 Å². The Morgan fingerprint density at radius 1 is 1.29 bits per heavy atom. The lowest BCUT2D eigenvalue weighted by Gasteiger charge is -1.99. The molecule has 0 aliphatic carbocycles. The number of aromatic nitrogens is 2. The summed E-state index contributed by atoms with van der Waals surface area (Å²) in [7, 11) is 1.65. The Balaban J connectivity index is 0.000000317. The number of benzene rings is 1. The van der Waals surface area contributed by atoms with Crippen molar-refractivity contribution in [2.24, 2.45) is 0 Å². The summed E-state index contributed by atoms with van der Waals surface area (Å²) in [6.07, 6.45) is 3.54. The molecule has 92 valence electrons. The molecule has 1 aromatic carbocycles. The number of nitrogens with one attached hydrogen (secondary N) is 1. The smallest absolute Gasteiger partial charge is 0.385 e. The summed E-state index contributed by atoms with van der Waals surface area (Å²) in [5, 5.41) is 0. The zero-order valence-electron chi connectivity index (χ0n) is 8.89. The zero-order valence-corrected chi connectivity index (χ0v) is 9.71. The van der Waals surface area contributed by atoms with E-state index in [4.69, 9.17) is 8.95 Å². The maximum Gasteiger partial charge on any atom is 0.385 e. The van der Waals surface area contributed by atoms with Crippen LogP contribution in [0.15, 0.2) is 36.7 Å². The number of rotatable bonds is 2. The molecule has 17 heavy (non-hydrogen) atoms. The van der Waals surface area contributed by atoms with E-state index in [9.17, 15) is 7.77 Å². The van der Waals surface area contributed by atoms with Gasteiger partial charge in [0, 0.05) is 18.0 Å². The van der Waals surface area contributed by atoms with E-state index in [0.29, 0.717) is 0 Å². The SMILES string of the molecule is COc1ccc(-c2ncc[nH]2)cc1.O=S(F)F. The van der Waals surface area contributed by atoms with Gasteiger partial charge in [0.1, 0.15) is 11.6 Å². The number of halogens is 2. The second-order valence-corrected chi connectivity index (χ2v) is 3.22. The van der Waals surface area contributed by atoms with E-state index < -0.39 is 11.6 Å². The van der Waals surface area contributed by atoms with Gasteiger partial charge in [-0.15, -0.1) is 0 Å². The van der Waals surface area contributed by atoms with Gasteiger partial charge in [0.15, 0.2) is 0 Å². The predicted molar refractivity (Wildman–Crippen MR) is 60.9 cm³/mol. The van der Waals surface area contributed by atoms with Gasteiger partial charge in [0.05, 0.1) is 7.11 Å². The first-order valence-corrected chi connectivity index (χ1v) is 5.46. The Morgan fingerprint density at radius 2 is 1.88 bits per heavy atom. The third-order valence-corrected chi connectivity index (χ3v) is 1.86. The van der Waals surface area contributed by atoms with E-state index in [-0.39, 0.29) is 0 Å². The maximum absolute atomic E-state index is 9.81. The number of hydrogen-bond acceptors (Lipinski definition) is 3. The minimum atomic E-state index is -3.61. The van der Waals surface area contributed by atoms with Gasteiger partial charge in [0.25, 0.3) is 0 Å². The van der Waals surface area contributed by atoms with E-state index in [1.807, 2.05) is 24.3 Å². The normalized spacial score (nSPS) is 9.65. The molecule has 0 amide bonds. The first kappa shape index (κ1) is 13.3. The third kappa shape index (κ3) is 4.73. The molecular weight excluding hydrogens is 250 g/mol. The molecule has 0 spiro atoms. The summed E-state index contributed by atoms with van der Waals surface area (Å²) in [6.45, 7) is 0. The summed E-state index contributed by atoms with van der Waals surface area (Å²) in [6, 6.07) is 7.77. The molecule has 0 saturated heterocycles. The van der Waals surface area contributed by atoms with Crippen LogP contribution < -0.4 is 4.74 Å². The summed E-state index contributed by atoms with van der Waals surface area (Å²) in [4.78, 5) is 7.18. The average molecular weight is 260 g/mol. The van der Waals surface area contributed by atoms with Gasteiger partial charge in [-0.2, -0.15) is 4.21 Å². The maximum atomic E-state index is 9.81. The first-order valence-electron chi connectivity index (χ1n) is 4.51. The Kier molecular flexibility index (Phi) is 5.28. The fourth-order valence-corrected chi connectivity index (χ4v) is 1.17. The highest BCUT2D eigenvalue weighted by Crippen LogP contribution is 2.18. The molecule has 0 radical (unpaired) electrons. The van der Waals surface area contributed by atoms with Crippen molar-refractivity contribution in [2.45, 2.75) is 0 Å². The molecule has 0 saturated carbocycles. The monoisotopic (exact) mass is 260 g/mol. The lowest BCUT2D eigenvalue weighted by molar-refractivity contribution is 0.415. The molecule has 1 heterocycles. The average Bonchev–Trinajstić information content (AvgIpc) is 2.82. The van der Waals surface area contributed by atoms with Gasteiger partial charge in [-0.05, 0) is 24.3 Å². The Morgan fingerprint density at radius 3 is 2.29 bits per heavy atom. The lowest BCUT2D eigenvalue weighted by Crippen LogP contribution is -1.83. The molecule has 1 N–H and O–H groups in total. The van der Waals surface area contributed by atoms with Crippen molar-refractivity contribution in [3.8, 4) is 17.1 Å². The Hall–Kier alpha value is -1.76. The van der Waals surface area contributed by atoms with Crippen molar-refractivity contribution in [2.75, 3.05) is 7.11 Å². The van der Waals surface area contributed by atoms with Crippen LogP contribution in [0.5, 0.6) is 5.75 Å². The molecule has 2 rings (SSSR count). The number of imidazole rings is 1. The topological polar surface area (TPSA) is 55.0 Å². The van der Waals surface area contributed by atoms with Gasteiger partial charge in [0.2, 0.25) is 0 Å². The Bertz CT molecular complexity index is 456. The van der Waals surface area contributed by atoms with Crippen LogP contribution in [0.2, 0.25) is 0 Å². The second kappa shape index (κ2) is 6.74. The van der Waals surface area contributed by atoms with Crippen molar-refractivity contribution >= 4 is 11.6 Å². The van der Waals surface area contributed by atoms with E-state index in [1.165, 1.54) is 0 Å². The van der Waals surface area contributed by atoms with E-state index in [0.717, 1.165) is 17.1 Å². The van der Waals surface area contributed by atoms with Gasteiger partial charge in [-0.25, -0.2) is 4.98 Å². The van der Waals surface area contributed by atoms with Crippen molar-refractivity contribution in [3.05, 3.63) is 36.7 Å². The highest BCUT2D eigenvalue weighted by Gasteiger charge is 1.98. The van der Waals surface area contributed by atoms with E-state index in [2.05, 4.69) is 9.97 Å². The predicted octanol–water partition coefficient (Wildman–Crippen LogP) is 2.59. The van der Waals surface area contributed by atoms with Gasteiger partial charge in [-0.3, -0.25) is 0 Å². The summed E-state index contributed by atoms with van der Waals surface area (Å²) < 4.78 is 32.9. The van der Waals surface area contributed by atoms with Crippen molar-refractivity contribution in [1.82, 2.24) is 9.97 Å². The van der Waals surface area contributed by atoms with Crippen LogP contribution in [0.1, 0.15) is 0 Å². The van der Waals surface area contributed by atoms with Crippen molar-refractivity contribution in [3.63, 3.8) is 0 Å². The van der Waals surface area contributed by atoms with Gasteiger partial charge in [-0.1, -0.05) is 7.77 Å². The van der Waals surface area contributed by atoms with Crippen LogP contribution in [-0.2, 0) is 11.6 Å². The fraction of sp³-hybridized carbons (Fsp3) is 0.100. The molecule has 4 nitrogen and oxygen atoms in total. The fourth-order valence-electron chi connectivity index (χ4n) is 1.17. The molecule has 7 heteroatoms. The minimum Gasteiger partial charge on any atom is -0.497 e. The highest BCUT2D eigenvalue weighted by atomic mass is 32.2. The van der Waals surface area contributed by atoms with Crippen LogP contribution in [0.4, 0.5) is 7.77 Å². The second-order valence-electron chi connectivity index (χ2n) is 2.85. The number of aromatic amines is 1. The van der Waals surface area contributed by atoms with Crippen LogP contribution in [0.3, 0.4) is 0 Å². The minimum absolute atomic E-state index is 0.857. The number of hydrogen-bond donors (Lipinski definition) is 1. The summed E-state index contributed by atoms with van der Waals surface area (Å²) in [5.74, 6) is 1.73. The lowest BCUT2D eigenvalue weighted by atomic mass is 10.2. The molecule has 0 aliphatic rings. The molecular formula is C10H10F2N2O2S. The van der Waals surface area contributed by atoms with E-state index >= 15 is 0 Å². The van der Waals surface area contributed by atoms with Crippen molar-refractivity contribution in [1.29, 1.82) is 0 Å². The van der Waals surface area contributed by atoms with Crippen LogP contribution >= 0.6 is 0 Å². The summed E-state index contributed by atoms with van der Waals surface area (Å²) in [5.41, 5.74) is 1.06. The number of methoxy groups -OCH3 is 1. The number of ether oxygens (including phenoxy) is 1. The van der Waals surface area contributed by atoms with Gasteiger partial charge < -0.3 is 9.72 Å². The number of nitrogens with zero attached hydrogens (tertiary/aromatic N) is 1. The largest absolute Gasteiger partial charge is 0.497 e. The first-order chi connectivity index (χ1) is 8.13. The Labute approximate surface area is 99.7 Å². The molecule has 0 atom stereocenters. The van der Waals surface area contributed by atoms with Crippen LogP contribution in [0, 0.1) is 0 Å². The molecule has 2 aromatic rings. The van der Waals surface area contributed by atoms with Crippen LogP contribution in [-0.4, -0.2) is 21.3 Å². The molecule has 0 fully saturated rings. The standard InChI is InChI=1S/C10H10N2O.F2OS/c1-13-9-4-2-8(3-5-9)10-11-6-7-12-10;1-4(2)3/h2-7H,1H3,(H,11,12);. The van der Waals surface area contributed by atoms with Gasteiger partial charge >= 0.3 is 11.6 Å². The highest BCUT2D eigenvalue weighted by molar-refractivity contribution is 7.74. The third-order valence-electron chi connectivity index (χ3n) is 1.86. The summed E-state index contributed by atoms with van der Waals surface area (Å²) >= 11 is -3.61. The molecule has 0 bridgehead atoms. The quantitative estimate of drug-likeness (QED) is 0.844. The molecule has 0 aliphatic heterocycles.